The van der Waals surface area contributed by atoms with E-state index in [1.165, 1.54) is 31.0 Å². The van der Waals surface area contributed by atoms with Crippen molar-refractivity contribution in [3.8, 4) is 0 Å². The molecule has 1 nitrogen and oxygen atoms in total. The first kappa shape index (κ1) is 14.8. The smallest absolute Gasteiger partial charge is 0.0669 e. The van der Waals surface area contributed by atoms with Gasteiger partial charge >= 0.3 is 0 Å². The van der Waals surface area contributed by atoms with Crippen molar-refractivity contribution in [2.24, 2.45) is 0 Å². The second-order valence-electron chi connectivity index (χ2n) is 5.25. The second kappa shape index (κ2) is 6.30. The molecule has 0 spiro atoms. The third-order valence-corrected chi connectivity index (χ3v) is 6.22. The summed E-state index contributed by atoms with van der Waals surface area (Å²) in [4.78, 5) is 1.41. The number of thiophene rings is 2. The van der Waals surface area contributed by atoms with Crippen molar-refractivity contribution in [2.75, 3.05) is 7.05 Å². The van der Waals surface area contributed by atoms with Crippen molar-refractivity contribution in [1.82, 2.24) is 5.32 Å². The summed E-state index contributed by atoms with van der Waals surface area (Å²) in [5.74, 6) is 0. The van der Waals surface area contributed by atoms with Gasteiger partial charge in [0.1, 0.15) is 0 Å². The van der Waals surface area contributed by atoms with E-state index in [9.17, 15) is 0 Å². The molecule has 2 heterocycles. The van der Waals surface area contributed by atoms with E-state index < -0.39 is 0 Å². The number of benzene rings is 1. The Kier molecular flexibility index (Phi) is 4.43. The standard InChI is InChI=1S/C18H21NS2/c1-4-12-6-7-14(10-13(12)5-2)18(19-3)17-11-16-15(21-17)8-9-20-16/h6-11,18-19H,4-5H2,1-3H3. The quantitative estimate of drug-likeness (QED) is 0.665. The van der Waals surface area contributed by atoms with Gasteiger partial charge in [-0.25, -0.2) is 0 Å². The SMILES string of the molecule is CCc1ccc(C(NC)c2cc3sccc3s2)cc1CC. The fourth-order valence-electron chi connectivity index (χ4n) is 2.90. The van der Waals surface area contributed by atoms with Gasteiger partial charge in [-0.2, -0.15) is 0 Å². The summed E-state index contributed by atoms with van der Waals surface area (Å²) in [5.41, 5.74) is 4.33. The van der Waals surface area contributed by atoms with Gasteiger partial charge in [0.2, 0.25) is 0 Å². The Morgan fingerprint density at radius 3 is 2.48 bits per heavy atom. The Labute approximate surface area is 134 Å². The highest BCUT2D eigenvalue weighted by atomic mass is 32.1. The third kappa shape index (κ3) is 2.78. The molecule has 0 saturated carbocycles. The topological polar surface area (TPSA) is 12.0 Å². The van der Waals surface area contributed by atoms with Crippen molar-refractivity contribution < 1.29 is 0 Å². The third-order valence-electron chi connectivity index (χ3n) is 4.06. The zero-order chi connectivity index (χ0) is 14.8. The number of hydrogen-bond donors (Lipinski definition) is 1. The van der Waals surface area contributed by atoms with Crippen LogP contribution in [0.5, 0.6) is 0 Å². The number of fused-ring (bicyclic) bond motifs is 1. The normalized spacial score (nSPS) is 12.9. The molecule has 0 aliphatic heterocycles. The lowest BCUT2D eigenvalue weighted by Gasteiger charge is -2.17. The van der Waals surface area contributed by atoms with Gasteiger partial charge in [-0.1, -0.05) is 32.0 Å². The van der Waals surface area contributed by atoms with Crippen LogP contribution in [0.4, 0.5) is 0 Å². The summed E-state index contributed by atoms with van der Waals surface area (Å²) < 4.78 is 2.80. The van der Waals surface area contributed by atoms with Crippen molar-refractivity contribution in [1.29, 1.82) is 0 Å². The molecule has 1 atom stereocenters. The Bertz CT molecular complexity index is 710. The molecule has 0 aliphatic carbocycles. The van der Waals surface area contributed by atoms with E-state index in [-0.39, 0.29) is 0 Å². The lowest BCUT2D eigenvalue weighted by molar-refractivity contribution is 0.702. The minimum atomic E-state index is 0.297. The van der Waals surface area contributed by atoms with E-state index in [1.807, 2.05) is 22.7 Å². The second-order valence-corrected chi connectivity index (χ2v) is 7.32. The van der Waals surface area contributed by atoms with Crippen LogP contribution >= 0.6 is 22.7 Å². The van der Waals surface area contributed by atoms with Crippen LogP contribution in [-0.2, 0) is 12.8 Å². The molecule has 2 aromatic heterocycles. The molecule has 3 rings (SSSR count). The van der Waals surface area contributed by atoms with Crippen LogP contribution in [0.25, 0.3) is 9.40 Å². The van der Waals surface area contributed by atoms with Gasteiger partial charge in [0, 0.05) is 14.3 Å². The minimum Gasteiger partial charge on any atom is -0.309 e. The zero-order valence-electron chi connectivity index (χ0n) is 12.8. The van der Waals surface area contributed by atoms with E-state index in [0.717, 1.165) is 12.8 Å². The molecule has 0 bridgehead atoms. The lowest BCUT2D eigenvalue weighted by atomic mass is 9.96. The Morgan fingerprint density at radius 2 is 1.81 bits per heavy atom. The fraction of sp³-hybridized carbons (Fsp3) is 0.333. The lowest BCUT2D eigenvalue weighted by Crippen LogP contribution is -2.16. The highest BCUT2D eigenvalue weighted by Crippen LogP contribution is 2.36. The van der Waals surface area contributed by atoms with Gasteiger partial charge in [-0.15, -0.1) is 22.7 Å². The Balaban J connectivity index is 2.01. The molecule has 110 valence electrons. The maximum atomic E-state index is 3.49. The van der Waals surface area contributed by atoms with Crippen molar-refractivity contribution in [3.05, 3.63) is 57.3 Å². The van der Waals surface area contributed by atoms with Gasteiger partial charge in [0.25, 0.3) is 0 Å². The summed E-state index contributed by atoms with van der Waals surface area (Å²) in [7, 11) is 2.05. The number of nitrogens with one attached hydrogen (secondary N) is 1. The molecular weight excluding hydrogens is 294 g/mol. The van der Waals surface area contributed by atoms with E-state index in [1.54, 1.807) is 0 Å². The maximum Gasteiger partial charge on any atom is 0.0669 e. The van der Waals surface area contributed by atoms with E-state index in [4.69, 9.17) is 0 Å². The van der Waals surface area contributed by atoms with Gasteiger partial charge in [0.15, 0.2) is 0 Å². The molecule has 1 aromatic carbocycles. The highest BCUT2D eigenvalue weighted by molar-refractivity contribution is 7.27. The molecule has 21 heavy (non-hydrogen) atoms. The zero-order valence-corrected chi connectivity index (χ0v) is 14.4. The van der Waals surface area contributed by atoms with Crippen LogP contribution in [0.3, 0.4) is 0 Å². The average Bonchev–Trinajstić information content (AvgIpc) is 3.09. The summed E-state index contributed by atoms with van der Waals surface area (Å²) in [5, 5.41) is 5.66. The molecular formula is C18H21NS2. The summed E-state index contributed by atoms with van der Waals surface area (Å²) in [6.45, 7) is 4.48. The van der Waals surface area contributed by atoms with Crippen molar-refractivity contribution >= 4 is 32.1 Å². The van der Waals surface area contributed by atoms with Crippen LogP contribution < -0.4 is 5.32 Å². The summed E-state index contributed by atoms with van der Waals surface area (Å²) in [6.07, 6.45) is 2.22. The number of hydrogen-bond acceptors (Lipinski definition) is 3. The van der Waals surface area contributed by atoms with Crippen LogP contribution in [0.2, 0.25) is 0 Å². The Hall–Kier alpha value is -1.16. The highest BCUT2D eigenvalue weighted by Gasteiger charge is 2.16. The molecule has 0 saturated heterocycles. The molecule has 0 aliphatic rings. The first-order valence-electron chi connectivity index (χ1n) is 7.52. The van der Waals surface area contributed by atoms with Gasteiger partial charge in [0.05, 0.1) is 6.04 Å². The minimum absolute atomic E-state index is 0.297. The van der Waals surface area contributed by atoms with E-state index >= 15 is 0 Å². The Morgan fingerprint density at radius 1 is 1.00 bits per heavy atom. The first-order valence-corrected chi connectivity index (χ1v) is 9.22. The van der Waals surface area contributed by atoms with E-state index in [0.29, 0.717) is 6.04 Å². The monoisotopic (exact) mass is 315 g/mol. The maximum absolute atomic E-state index is 3.49. The molecule has 1 N–H and O–H groups in total. The van der Waals surface area contributed by atoms with Crippen LogP contribution in [-0.4, -0.2) is 7.05 Å². The first-order chi connectivity index (χ1) is 10.3. The fourth-order valence-corrected chi connectivity index (χ4v) is 5.16. The van der Waals surface area contributed by atoms with Gasteiger partial charge in [-0.3, -0.25) is 0 Å². The largest absolute Gasteiger partial charge is 0.309 e. The van der Waals surface area contributed by atoms with Crippen molar-refractivity contribution in [2.45, 2.75) is 32.7 Å². The van der Waals surface area contributed by atoms with Crippen molar-refractivity contribution in [3.63, 3.8) is 0 Å². The van der Waals surface area contributed by atoms with Gasteiger partial charge < -0.3 is 5.32 Å². The predicted octanol–water partition coefficient (Wildman–Crippen LogP) is 5.40. The van der Waals surface area contributed by atoms with Gasteiger partial charge in [-0.05, 0) is 54.1 Å². The number of aryl methyl sites for hydroxylation is 2. The summed E-state index contributed by atoms with van der Waals surface area (Å²) >= 11 is 3.73. The molecule has 3 heteroatoms. The molecule has 3 aromatic rings. The molecule has 0 fully saturated rings. The van der Waals surface area contributed by atoms with Crippen LogP contribution in [0, 0.1) is 0 Å². The summed E-state index contributed by atoms with van der Waals surface area (Å²) in [6, 6.07) is 11.8. The molecule has 0 amide bonds. The average molecular weight is 316 g/mol. The van der Waals surface area contributed by atoms with Crippen LogP contribution in [0.1, 0.15) is 41.5 Å². The molecule has 0 radical (unpaired) electrons. The van der Waals surface area contributed by atoms with E-state index in [2.05, 4.69) is 61.9 Å². The number of rotatable bonds is 5. The predicted molar refractivity (Wildman–Crippen MR) is 95.8 cm³/mol. The molecule has 1 unspecified atom stereocenters. The van der Waals surface area contributed by atoms with Crippen LogP contribution in [0.15, 0.2) is 35.7 Å².